The van der Waals surface area contributed by atoms with Gasteiger partial charge in [0.2, 0.25) is 0 Å². The second kappa shape index (κ2) is 12.5. The van der Waals surface area contributed by atoms with Gasteiger partial charge in [0.25, 0.3) is 0 Å². The van der Waals surface area contributed by atoms with Gasteiger partial charge in [-0.25, -0.2) is 18.3 Å². The molecule has 1 aliphatic heterocycles. The fourth-order valence-electron chi connectivity index (χ4n) is 5.29. The number of aromatic nitrogens is 1. The summed E-state index contributed by atoms with van der Waals surface area (Å²) >= 11 is 0. The van der Waals surface area contributed by atoms with Crippen molar-refractivity contribution < 1.29 is 32.7 Å². The van der Waals surface area contributed by atoms with Crippen LogP contribution in [0.4, 0.5) is 4.39 Å². The van der Waals surface area contributed by atoms with Crippen molar-refractivity contribution in [3.8, 4) is 28.5 Å². The predicted molar refractivity (Wildman–Crippen MR) is 172 cm³/mol. The maximum Gasteiger partial charge on any atom is 0.163 e. The summed E-state index contributed by atoms with van der Waals surface area (Å²) in [6, 6.07) is 12.9. The van der Waals surface area contributed by atoms with Crippen LogP contribution in [0.2, 0.25) is 0 Å². The molecule has 3 unspecified atom stereocenters. The standard InChI is InChI=1S/C35H43FN2O6S/c1-21(2)35(38-45(41)33(3,4)5)20-43-32-26(35)19-30(37-31(32)22-8-11-24(36)12-9-22)34(6,40)17-16-27(39)23-10-15-28(29(18-23)42-7)44-25-13-14-25/h8-12,15,18-19,21,25,38,40H,13-14,16-17,20H2,1-7H3. The maximum absolute atomic E-state index is 13.9. The number of benzene rings is 2. The van der Waals surface area contributed by atoms with Crippen molar-refractivity contribution in [3.05, 3.63) is 71.2 Å². The van der Waals surface area contributed by atoms with Crippen molar-refractivity contribution in [1.29, 1.82) is 0 Å². The number of pyridine rings is 1. The number of halogens is 1. The molecule has 45 heavy (non-hydrogen) atoms. The fourth-order valence-corrected chi connectivity index (χ4v) is 6.33. The summed E-state index contributed by atoms with van der Waals surface area (Å²) in [5, 5.41) is 11.9. The minimum absolute atomic E-state index is 0.0434. The summed E-state index contributed by atoms with van der Waals surface area (Å²) in [7, 11) is 0.103. The Balaban J connectivity index is 1.50. The van der Waals surface area contributed by atoms with Crippen LogP contribution in [0.1, 0.15) is 88.8 Å². The lowest BCUT2D eigenvalue weighted by Gasteiger charge is -2.36. The van der Waals surface area contributed by atoms with Gasteiger partial charge in [0.05, 0.1) is 40.2 Å². The third-order valence-electron chi connectivity index (χ3n) is 8.53. The smallest absolute Gasteiger partial charge is 0.163 e. The van der Waals surface area contributed by atoms with Gasteiger partial charge < -0.3 is 19.3 Å². The quantitative estimate of drug-likeness (QED) is 0.215. The molecule has 0 saturated heterocycles. The first-order valence-corrected chi connectivity index (χ1v) is 16.5. The Hall–Kier alpha value is -3.34. The van der Waals surface area contributed by atoms with E-state index in [-0.39, 0.29) is 43.1 Å². The molecule has 2 aliphatic rings. The highest BCUT2D eigenvalue weighted by Crippen LogP contribution is 2.48. The molecule has 0 amide bonds. The van der Waals surface area contributed by atoms with E-state index in [1.165, 1.54) is 12.1 Å². The van der Waals surface area contributed by atoms with Crippen LogP contribution in [-0.4, -0.2) is 44.7 Å². The largest absolute Gasteiger partial charge is 0.493 e. The zero-order chi connectivity index (χ0) is 32.7. The monoisotopic (exact) mass is 638 g/mol. The van der Waals surface area contributed by atoms with E-state index in [0.717, 1.165) is 12.8 Å². The summed E-state index contributed by atoms with van der Waals surface area (Å²) in [4.78, 5) is 18.2. The Morgan fingerprint density at radius 3 is 2.42 bits per heavy atom. The van der Waals surface area contributed by atoms with Crippen LogP contribution < -0.4 is 18.9 Å². The third-order valence-corrected chi connectivity index (χ3v) is 10.2. The lowest BCUT2D eigenvalue weighted by molar-refractivity contribution is 0.0396. The minimum atomic E-state index is -1.52. The van der Waals surface area contributed by atoms with Crippen LogP contribution in [0.25, 0.3) is 11.3 Å². The van der Waals surface area contributed by atoms with Crippen LogP contribution in [0, 0.1) is 11.7 Å². The van der Waals surface area contributed by atoms with Gasteiger partial charge >= 0.3 is 0 Å². The molecule has 1 aliphatic carbocycles. The number of nitrogens with zero attached hydrogens (tertiary/aromatic N) is 1. The summed E-state index contributed by atoms with van der Waals surface area (Å²) in [5.74, 6) is 0.985. The number of rotatable bonds is 12. The second-order valence-electron chi connectivity index (χ2n) is 13.5. The number of aliphatic hydroxyl groups is 1. The van der Waals surface area contributed by atoms with Gasteiger partial charge in [0, 0.05) is 23.1 Å². The number of methoxy groups -OCH3 is 1. The normalized spacial score (nSPS) is 19.9. The highest BCUT2D eigenvalue weighted by atomic mass is 32.2. The summed E-state index contributed by atoms with van der Waals surface area (Å²) in [5.41, 5.74) is 0.176. The molecule has 1 aromatic heterocycles. The molecule has 0 spiro atoms. The van der Waals surface area contributed by atoms with Crippen LogP contribution >= 0.6 is 0 Å². The first-order valence-electron chi connectivity index (χ1n) is 15.4. The average Bonchev–Trinajstić information content (AvgIpc) is 3.74. The van der Waals surface area contributed by atoms with Crippen LogP contribution in [0.15, 0.2) is 48.5 Å². The number of hydrogen-bond acceptors (Lipinski definition) is 7. The number of Topliss-reactive ketones (excluding diaryl/α,β-unsaturated/α-hetero) is 1. The Morgan fingerprint density at radius 1 is 1.13 bits per heavy atom. The molecule has 3 aromatic rings. The molecule has 8 nitrogen and oxygen atoms in total. The van der Waals surface area contributed by atoms with E-state index in [2.05, 4.69) is 4.72 Å². The molecule has 10 heteroatoms. The Morgan fingerprint density at radius 2 is 1.82 bits per heavy atom. The molecule has 2 heterocycles. The van der Waals surface area contributed by atoms with Crippen molar-refractivity contribution in [1.82, 2.24) is 9.71 Å². The van der Waals surface area contributed by atoms with Gasteiger partial charge in [-0.1, -0.05) is 13.8 Å². The van der Waals surface area contributed by atoms with Crippen LogP contribution in [0.5, 0.6) is 17.2 Å². The first-order chi connectivity index (χ1) is 21.1. The third kappa shape index (κ3) is 6.93. The number of fused-ring (bicyclic) bond motifs is 1. The summed E-state index contributed by atoms with van der Waals surface area (Å²) in [6.45, 7) is 11.6. The highest BCUT2D eigenvalue weighted by Gasteiger charge is 2.48. The molecule has 1 saturated carbocycles. The Bertz CT molecular complexity index is 1600. The highest BCUT2D eigenvalue weighted by molar-refractivity contribution is 7.84. The Labute approximate surface area is 267 Å². The molecular weight excluding hydrogens is 595 g/mol. The number of ketones is 1. The van der Waals surface area contributed by atoms with Crippen molar-refractivity contribution in [2.24, 2.45) is 5.92 Å². The van der Waals surface area contributed by atoms with Crippen LogP contribution in [0.3, 0.4) is 0 Å². The van der Waals surface area contributed by atoms with E-state index < -0.39 is 26.9 Å². The van der Waals surface area contributed by atoms with E-state index in [0.29, 0.717) is 45.3 Å². The SMILES string of the molecule is COc1cc(C(=O)CCC(C)(O)c2cc3c(c(-c4ccc(F)cc4)n2)OCC3(NS(=O)C(C)(C)C)C(C)C)ccc1OC1CC1. The molecule has 2 N–H and O–H groups in total. The fraction of sp³-hybridized carbons (Fsp3) is 0.486. The number of hydrogen-bond donors (Lipinski definition) is 2. The molecule has 5 rings (SSSR count). The molecule has 0 radical (unpaired) electrons. The van der Waals surface area contributed by atoms with Gasteiger partial charge in [-0.2, -0.15) is 0 Å². The molecule has 242 valence electrons. The van der Waals surface area contributed by atoms with Gasteiger partial charge in [0.1, 0.15) is 23.7 Å². The van der Waals surface area contributed by atoms with Gasteiger partial charge in [-0.05, 0) is 101 Å². The van der Waals surface area contributed by atoms with Gasteiger partial charge in [-0.15, -0.1) is 0 Å². The molecule has 2 aromatic carbocycles. The molecule has 1 fully saturated rings. The van der Waals surface area contributed by atoms with Gasteiger partial charge in [-0.3, -0.25) is 4.79 Å². The van der Waals surface area contributed by atoms with Crippen LogP contribution in [-0.2, 0) is 22.1 Å². The number of ether oxygens (including phenoxy) is 3. The summed E-state index contributed by atoms with van der Waals surface area (Å²) in [6.07, 6.45) is 2.33. The van der Waals surface area contributed by atoms with E-state index in [9.17, 15) is 18.5 Å². The average molecular weight is 639 g/mol. The predicted octanol–water partition coefficient (Wildman–Crippen LogP) is 6.60. The Kier molecular flexibility index (Phi) is 9.14. The first kappa shape index (κ1) is 33.0. The maximum atomic E-state index is 13.9. The van der Waals surface area contributed by atoms with E-state index in [1.807, 2.05) is 34.6 Å². The van der Waals surface area contributed by atoms with E-state index in [1.54, 1.807) is 50.4 Å². The molecular formula is C35H43FN2O6S. The number of carbonyl (C=O) groups is 1. The lowest BCUT2D eigenvalue weighted by Crippen LogP contribution is -2.52. The number of carbonyl (C=O) groups excluding carboxylic acids is 1. The zero-order valence-electron chi connectivity index (χ0n) is 27.0. The number of nitrogens with one attached hydrogen (secondary N) is 1. The topological polar surface area (TPSA) is 107 Å². The van der Waals surface area contributed by atoms with Crippen molar-refractivity contribution in [2.75, 3.05) is 13.7 Å². The van der Waals surface area contributed by atoms with Crippen molar-refractivity contribution in [3.63, 3.8) is 0 Å². The van der Waals surface area contributed by atoms with E-state index in [4.69, 9.17) is 19.2 Å². The second-order valence-corrected chi connectivity index (χ2v) is 15.5. The van der Waals surface area contributed by atoms with Crippen molar-refractivity contribution in [2.45, 2.75) is 89.2 Å². The van der Waals surface area contributed by atoms with E-state index >= 15 is 0 Å². The zero-order valence-corrected chi connectivity index (χ0v) is 27.8. The lowest BCUT2D eigenvalue weighted by atomic mass is 9.80. The van der Waals surface area contributed by atoms with Gasteiger partial charge in [0.15, 0.2) is 23.0 Å². The summed E-state index contributed by atoms with van der Waals surface area (Å²) < 4.78 is 47.8. The minimum Gasteiger partial charge on any atom is -0.493 e. The van der Waals surface area contributed by atoms with Crippen molar-refractivity contribution >= 4 is 16.8 Å². The molecule has 3 atom stereocenters. The molecule has 0 bridgehead atoms.